The van der Waals surface area contributed by atoms with Crippen LogP contribution < -0.4 is 0 Å². The van der Waals surface area contributed by atoms with Gasteiger partial charge in [-0.15, -0.1) is 0 Å². The first-order chi connectivity index (χ1) is 3.93. The quantitative estimate of drug-likeness (QED) is 0.384. The molecule has 0 nitrogen and oxygen atoms in total. The Bertz CT molecular complexity index is 90.2. The van der Waals surface area contributed by atoms with E-state index in [4.69, 9.17) is 0 Å². The lowest BCUT2D eigenvalue weighted by Gasteiger charge is -1.90. The third-order valence-corrected chi connectivity index (χ3v) is 1.49. The average Bonchev–Trinajstić information content (AvgIpc) is 2.51. The molecule has 0 aliphatic heterocycles. The number of rotatable bonds is 4. The first kappa shape index (κ1) is 5.87. The van der Waals surface area contributed by atoms with Gasteiger partial charge in [0.05, 0.1) is 0 Å². The second kappa shape index (κ2) is 2.91. The van der Waals surface area contributed by atoms with E-state index in [1.807, 2.05) is 0 Å². The lowest BCUT2D eigenvalue weighted by molar-refractivity contribution is 0.749. The minimum Gasteiger partial charge on any atom is -0.0810 e. The molecule has 0 unspecified atom stereocenters. The van der Waals surface area contributed by atoms with Crippen molar-refractivity contribution >= 4 is 0 Å². The van der Waals surface area contributed by atoms with Gasteiger partial charge in [0.25, 0.3) is 0 Å². The van der Waals surface area contributed by atoms with E-state index in [1.165, 1.54) is 25.7 Å². The topological polar surface area (TPSA) is 0 Å². The zero-order chi connectivity index (χ0) is 5.82. The first-order valence-corrected chi connectivity index (χ1v) is 3.40. The van der Waals surface area contributed by atoms with Crippen molar-refractivity contribution < 1.29 is 0 Å². The van der Waals surface area contributed by atoms with Crippen LogP contribution in [0.15, 0.2) is 11.6 Å². The van der Waals surface area contributed by atoms with E-state index in [-0.39, 0.29) is 0 Å². The van der Waals surface area contributed by atoms with Gasteiger partial charge >= 0.3 is 0 Å². The molecule has 0 atom stereocenters. The molecule has 1 rings (SSSR count). The molecule has 0 aromatic rings. The molecule has 1 radical (unpaired) electrons. The van der Waals surface area contributed by atoms with Crippen molar-refractivity contribution in [3.8, 4) is 0 Å². The molecule has 0 saturated heterocycles. The van der Waals surface area contributed by atoms with Gasteiger partial charge in [0.2, 0.25) is 0 Å². The van der Waals surface area contributed by atoms with Crippen LogP contribution in [0.25, 0.3) is 0 Å². The van der Waals surface area contributed by atoms with Gasteiger partial charge in [-0.1, -0.05) is 31.4 Å². The molecule has 0 heterocycles. The molecule has 8 heavy (non-hydrogen) atoms. The Hall–Kier alpha value is -0.260. The maximum atomic E-state index is 3.78. The molecular weight excluding hydrogens is 96.1 g/mol. The van der Waals surface area contributed by atoms with Crippen LogP contribution >= 0.6 is 0 Å². The summed E-state index contributed by atoms with van der Waals surface area (Å²) < 4.78 is 0. The van der Waals surface area contributed by atoms with Crippen LogP contribution in [0.3, 0.4) is 0 Å². The summed E-state index contributed by atoms with van der Waals surface area (Å²) in [6.45, 7) is 3.78. The zero-order valence-electron chi connectivity index (χ0n) is 5.32. The van der Waals surface area contributed by atoms with Crippen molar-refractivity contribution in [2.45, 2.75) is 32.1 Å². The summed E-state index contributed by atoms with van der Waals surface area (Å²) >= 11 is 0. The molecule has 1 aliphatic carbocycles. The van der Waals surface area contributed by atoms with Crippen LogP contribution in [0.4, 0.5) is 0 Å². The Morgan fingerprint density at radius 2 is 2.25 bits per heavy atom. The molecule has 0 saturated carbocycles. The molecule has 45 valence electrons. The van der Waals surface area contributed by atoms with Crippen LogP contribution in [0, 0.1) is 6.92 Å². The fraction of sp³-hybridized carbons (Fsp3) is 0.625. The molecule has 0 spiro atoms. The monoisotopic (exact) mass is 109 g/mol. The summed E-state index contributed by atoms with van der Waals surface area (Å²) in [7, 11) is 0. The van der Waals surface area contributed by atoms with Crippen LogP contribution in [-0.2, 0) is 0 Å². The van der Waals surface area contributed by atoms with Crippen molar-refractivity contribution in [1.29, 1.82) is 0 Å². The van der Waals surface area contributed by atoms with E-state index in [0.717, 1.165) is 6.42 Å². The minimum atomic E-state index is 1.10. The van der Waals surface area contributed by atoms with Gasteiger partial charge in [0.1, 0.15) is 0 Å². The van der Waals surface area contributed by atoms with Crippen LogP contribution in [0.1, 0.15) is 32.1 Å². The molecule has 0 amide bonds. The highest BCUT2D eigenvalue weighted by atomic mass is 14.1. The predicted molar refractivity (Wildman–Crippen MR) is 36.5 cm³/mol. The molecule has 1 aliphatic rings. The molecule has 0 bridgehead atoms. The van der Waals surface area contributed by atoms with Crippen molar-refractivity contribution in [1.82, 2.24) is 0 Å². The summed E-state index contributed by atoms with van der Waals surface area (Å²) in [5, 5.41) is 0. The Labute approximate surface area is 51.6 Å². The van der Waals surface area contributed by atoms with Crippen LogP contribution in [0.2, 0.25) is 0 Å². The summed E-state index contributed by atoms with van der Waals surface area (Å²) in [6, 6.07) is 0. The Morgan fingerprint density at radius 1 is 1.50 bits per heavy atom. The number of unbranched alkanes of at least 4 members (excludes halogenated alkanes) is 2. The Balaban J connectivity index is 1.81. The van der Waals surface area contributed by atoms with Gasteiger partial charge in [-0.05, 0) is 19.3 Å². The highest BCUT2D eigenvalue weighted by molar-refractivity contribution is 5.21. The van der Waals surface area contributed by atoms with E-state index in [1.54, 1.807) is 5.57 Å². The third-order valence-electron chi connectivity index (χ3n) is 1.49. The SMILES string of the molecule is [CH2]CCCCC1=CC1. The minimum absolute atomic E-state index is 1.10. The summed E-state index contributed by atoms with van der Waals surface area (Å²) in [4.78, 5) is 0. The maximum Gasteiger partial charge on any atom is -0.0136 e. The van der Waals surface area contributed by atoms with Gasteiger partial charge in [0, 0.05) is 0 Å². The zero-order valence-corrected chi connectivity index (χ0v) is 5.32. The highest BCUT2D eigenvalue weighted by Gasteiger charge is 2.04. The molecule has 0 fully saturated rings. The standard InChI is InChI=1S/C8H13/c1-2-3-4-5-8-6-7-8/h6H,1-5,7H2. The van der Waals surface area contributed by atoms with E-state index in [0.29, 0.717) is 0 Å². The molecule has 0 heteroatoms. The van der Waals surface area contributed by atoms with E-state index in [2.05, 4.69) is 13.0 Å². The average molecular weight is 109 g/mol. The van der Waals surface area contributed by atoms with Gasteiger partial charge < -0.3 is 0 Å². The summed E-state index contributed by atoms with van der Waals surface area (Å²) in [5.41, 5.74) is 1.67. The number of hydrogen-bond donors (Lipinski definition) is 0. The Kier molecular flexibility index (Phi) is 2.13. The third kappa shape index (κ3) is 2.15. The molecule has 0 aromatic carbocycles. The predicted octanol–water partition coefficient (Wildman–Crippen LogP) is 2.71. The number of hydrogen-bond acceptors (Lipinski definition) is 0. The fourth-order valence-electron chi connectivity index (χ4n) is 0.805. The first-order valence-electron chi connectivity index (χ1n) is 3.40. The van der Waals surface area contributed by atoms with E-state index < -0.39 is 0 Å². The van der Waals surface area contributed by atoms with Gasteiger partial charge in [-0.2, -0.15) is 0 Å². The molecule has 0 N–H and O–H groups in total. The largest absolute Gasteiger partial charge is 0.0810 e. The molecular formula is C8H13. The lowest BCUT2D eigenvalue weighted by Crippen LogP contribution is -1.71. The second-order valence-electron chi connectivity index (χ2n) is 2.38. The lowest BCUT2D eigenvalue weighted by atomic mass is 10.2. The normalized spacial score (nSPS) is 15.9. The fourth-order valence-corrected chi connectivity index (χ4v) is 0.805. The second-order valence-corrected chi connectivity index (χ2v) is 2.38. The molecule has 0 aromatic heterocycles. The Morgan fingerprint density at radius 3 is 2.75 bits per heavy atom. The summed E-state index contributed by atoms with van der Waals surface area (Å²) in [5.74, 6) is 0. The van der Waals surface area contributed by atoms with Crippen LogP contribution in [-0.4, -0.2) is 0 Å². The van der Waals surface area contributed by atoms with E-state index in [9.17, 15) is 0 Å². The van der Waals surface area contributed by atoms with Crippen molar-refractivity contribution in [2.75, 3.05) is 0 Å². The van der Waals surface area contributed by atoms with Crippen molar-refractivity contribution in [3.05, 3.63) is 18.6 Å². The van der Waals surface area contributed by atoms with Crippen LogP contribution in [0.5, 0.6) is 0 Å². The van der Waals surface area contributed by atoms with Gasteiger partial charge in [-0.3, -0.25) is 0 Å². The van der Waals surface area contributed by atoms with Crippen molar-refractivity contribution in [3.63, 3.8) is 0 Å². The maximum absolute atomic E-state index is 3.78. The number of allylic oxidation sites excluding steroid dienone is 2. The van der Waals surface area contributed by atoms with E-state index >= 15 is 0 Å². The summed E-state index contributed by atoms with van der Waals surface area (Å²) in [6.07, 6.45) is 8.72. The highest BCUT2D eigenvalue weighted by Crippen LogP contribution is 2.24. The van der Waals surface area contributed by atoms with Gasteiger partial charge in [-0.25, -0.2) is 0 Å². The van der Waals surface area contributed by atoms with Gasteiger partial charge in [0.15, 0.2) is 0 Å². The van der Waals surface area contributed by atoms with Crippen molar-refractivity contribution in [2.24, 2.45) is 0 Å². The smallest absolute Gasteiger partial charge is 0.0136 e.